The molecule has 8 rings (SSSR count). The van der Waals surface area contributed by atoms with Crippen molar-refractivity contribution < 1.29 is 0 Å². The van der Waals surface area contributed by atoms with Crippen molar-refractivity contribution in [3.8, 4) is 22.3 Å². The average molecular weight is 753 g/mol. The summed E-state index contributed by atoms with van der Waals surface area (Å²) in [6, 6.07) is 81.2. The van der Waals surface area contributed by atoms with E-state index in [1.54, 1.807) is 0 Å². The van der Waals surface area contributed by atoms with Crippen LogP contribution in [-0.4, -0.2) is 0 Å². The Labute approximate surface area is 315 Å². The Morgan fingerprint density at radius 3 is 0.904 bits per heavy atom. The Balaban J connectivity index is 1.22. The number of benzene rings is 8. The van der Waals surface area contributed by atoms with Crippen LogP contribution in [0.3, 0.4) is 0 Å². The first-order valence-corrected chi connectivity index (χ1v) is 22.1. The third-order valence-electron chi connectivity index (χ3n) is 10.0. The van der Waals surface area contributed by atoms with Gasteiger partial charge in [-0.25, -0.2) is 0 Å². The molecule has 0 aliphatic heterocycles. The Morgan fingerprint density at radius 2 is 0.577 bits per heavy atom. The summed E-state index contributed by atoms with van der Waals surface area (Å²) in [7, 11) is 0. The van der Waals surface area contributed by atoms with Crippen LogP contribution >= 0.6 is 20.8 Å². The van der Waals surface area contributed by atoms with Crippen molar-refractivity contribution in [2.45, 2.75) is 6.16 Å². The molecule has 0 amide bonds. The second kappa shape index (κ2) is 14.6. The molecule has 0 heterocycles. The molecule has 0 N–H and O–H groups in total. The van der Waals surface area contributed by atoms with Crippen LogP contribution in [0.5, 0.6) is 0 Å². The molecule has 0 fully saturated rings. The Kier molecular flexibility index (Phi) is 9.44. The zero-order chi connectivity index (χ0) is 35.2. The van der Waals surface area contributed by atoms with E-state index < -0.39 is 5.31 Å². The van der Waals surface area contributed by atoms with E-state index in [0.717, 1.165) is 23.2 Å². The second-order valence-corrected chi connectivity index (χ2v) is 22.1. The Bertz CT molecular complexity index is 2160. The van der Waals surface area contributed by atoms with Crippen LogP contribution in [0.1, 0.15) is 5.56 Å². The van der Waals surface area contributed by atoms with E-state index in [1.165, 1.54) is 43.7 Å². The number of hydrogen-bond donors (Lipinski definition) is 0. The SMILES string of the molecule is BrP(Cc1ccc(N(c2ccc(-c3ccccc3)cc2)c2ccc(-c3ccccc3)cc2)cc1)(c1ccccc1)(c1ccccc1)c1ccccc1. The molecular formula is C49H39BrNP. The van der Waals surface area contributed by atoms with Crippen molar-refractivity contribution in [3.63, 3.8) is 0 Å². The molecule has 0 aliphatic rings. The molecule has 0 radical (unpaired) electrons. The molecule has 0 saturated carbocycles. The Hall–Kier alpha value is -5.53. The summed E-state index contributed by atoms with van der Waals surface area (Å²) in [5, 5.41) is 0.800. The third-order valence-corrected chi connectivity index (χ3v) is 19.5. The van der Waals surface area contributed by atoms with Crippen molar-refractivity contribution >= 4 is 53.8 Å². The van der Waals surface area contributed by atoms with E-state index >= 15 is 0 Å². The molecule has 0 saturated heterocycles. The zero-order valence-electron chi connectivity index (χ0n) is 28.8. The fraction of sp³-hybridized carbons (Fsp3) is 0.0204. The molecule has 0 spiro atoms. The van der Waals surface area contributed by atoms with Crippen LogP contribution in [0.25, 0.3) is 22.3 Å². The van der Waals surface area contributed by atoms with Gasteiger partial charge in [0.2, 0.25) is 0 Å². The molecule has 252 valence electrons. The van der Waals surface area contributed by atoms with E-state index in [4.69, 9.17) is 0 Å². The minimum atomic E-state index is -3.14. The summed E-state index contributed by atoms with van der Waals surface area (Å²) >= 11 is 4.65. The molecule has 1 nitrogen and oxygen atoms in total. The first-order chi connectivity index (χ1) is 25.6. The normalized spacial score (nSPS) is 12.1. The van der Waals surface area contributed by atoms with Gasteiger partial charge in [-0.05, 0) is 0 Å². The van der Waals surface area contributed by atoms with Gasteiger partial charge in [0.15, 0.2) is 0 Å². The average Bonchev–Trinajstić information content (AvgIpc) is 3.24. The van der Waals surface area contributed by atoms with Gasteiger partial charge in [-0.3, -0.25) is 0 Å². The van der Waals surface area contributed by atoms with E-state index in [1.807, 2.05) is 0 Å². The third kappa shape index (κ3) is 6.41. The van der Waals surface area contributed by atoms with E-state index in [-0.39, 0.29) is 0 Å². The van der Waals surface area contributed by atoms with Gasteiger partial charge in [0.25, 0.3) is 0 Å². The van der Waals surface area contributed by atoms with Gasteiger partial charge in [0, 0.05) is 0 Å². The second-order valence-electron chi connectivity index (χ2n) is 13.2. The summed E-state index contributed by atoms with van der Waals surface area (Å²) in [5.74, 6) is 0. The predicted molar refractivity (Wildman–Crippen MR) is 230 cm³/mol. The summed E-state index contributed by atoms with van der Waals surface area (Å²) in [6.45, 7) is 0. The maximum atomic E-state index is 4.65. The van der Waals surface area contributed by atoms with Crippen LogP contribution < -0.4 is 20.8 Å². The number of nitrogens with zero attached hydrogens (tertiary/aromatic N) is 1. The molecule has 0 unspecified atom stereocenters. The van der Waals surface area contributed by atoms with Crippen LogP contribution in [-0.2, 0) is 6.16 Å². The molecule has 0 aromatic heterocycles. The fourth-order valence-electron chi connectivity index (χ4n) is 7.35. The van der Waals surface area contributed by atoms with Crippen LogP contribution in [0, 0.1) is 0 Å². The first kappa shape index (κ1) is 33.6. The van der Waals surface area contributed by atoms with Crippen molar-refractivity contribution in [2.24, 2.45) is 0 Å². The Morgan fingerprint density at radius 1 is 0.308 bits per heavy atom. The van der Waals surface area contributed by atoms with Crippen molar-refractivity contribution in [3.05, 3.63) is 230 Å². The number of rotatable bonds is 10. The zero-order valence-corrected chi connectivity index (χ0v) is 31.3. The van der Waals surface area contributed by atoms with E-state index in [0.29, 0.717) is 0 Å². The molecule has 8 aromatic rings. The molecule has 8 aromatic carbocycles. The standard InChI is InChI=1S/C49H39BrNP/c50-52(47-20-10-3-11-21-47,48-22-12-4-13-23-48,49-24-14-5-15-25-49)38-39-26-32-44(33-27-39)51(45-34-28-42(29-35-45)40-16-6-1-7-17-40)46-36-30-43(31-37-46)41-18-8-2-9-19-41/h1-37H,38H2. The molecule has 0 atom stereocenters. The maximum absolute atomic E-state index is 4.65. The van der Waals surface area contributed by atoms with Gasteiger partial charge in [-0.1, -0.05) is 36.4 Å². The molecular weight excluding hydrogens is 713 g/mol. The number of halogens is 1. The van der Waals surface area contributed by atoms with Crippen molar-refractivity contribution in [2.75, 3.05) is 4.90 Å². The predicted octanol–water partition coefficient (Wildman–Crippen LogP) is 12.8. The molecule has 0 aliphatic carbocycles. The number of hydrogen-bond acceptors (Lipinski definition) is 1. The van der Waals surface area contributed by atoms with Gasteiger partial charge in [0.05, 0.1) is 0 Å². The monoisotopic (exact) mass is 751 g/mol. The van der Waals surface area contributed by atoms with Crippen molar-refractivity contribution in [1.82, 2.24) is 0 Å². The van der Waals surface area contributed by atoms with Crippen LogP contribution in [0.2, 0.25) is 0 Å². The number of anilines is 3. The quantitative estimate of drug-likeness (QED) is 0.126. The van der Waals surface area contributed by atoms with Crippen molar-refractivity contribution in [1.29, 1.82) is 0 Å². The first-order valence-electron chi connectivity index (χ1n) is 17.7. The molecule has 52 heavy (non-hydrogen) atoms. The van der Waals surface area contributed by atoms with Gasteiger partial charge in [-0.2, -0.15) is 0 Å². The molecule has 3 heteroatoms. The summed E-state index contributed by atoms with van der Waals surface area (Å²) in [6.07, 6.45) is 0.835. The minimum absolute atomic E-state index is 0.835. The van der Waals surface area contributed by atoms with Gasteiger partial charge < -0.3 is 0 Å². The van der Waals surface area contributed by atoms with Crippen LogP contribution in [0.4, 0.5) is 17.1 Å². The van der Waals surface area contributed by atoms with E-state index in [9.17, 15) is 0 Å². The van der Waals surface area contributed by atoms with Crippen LogP contribution in [0.15, 0.2) is 224 Å². The van der Waals surface area contributed by atoms with Gasteiger partial charge >= 0.3 is 281 Å². The van der Waals surface area contributed by atoms with Gasteiger partial charge in [0.1, 0.15) is 0 Å². The summed E-state index contributed by atoms with van der Waals surface area (Å²) in [5.41, 5.74) is 9.42. The summed E-state index contributed by atoms with van der Waals surface area (Å²) < 4.78 is 0. The van der Waals surface area contributed by atoms with Gasteiger partial charge in [-0.15, -0.1) is 0 Å². The molecule has 0 bridgehead atoms. The van der Waals surface area contributed by atoms with E-state index in [2.05, 4.69) is 245 Å². The fourth-order valence-corrected chi connectivity index (χ4v) is 15.1. The summed E-state index contributed by atoms with van der Waals surface area (Å²) in [4.78, 5) is 2.35. The topological polar surface area (TPSA) is 3.24 Å².